The summed E-state index contributed by atoms with van der Waals surface area (Å²) in [5.41, 5.74) is 2.75. The Balaban J connectivity index is 0.000000437. The van der Waals surface area contributed by atoms with Crippen molar-refractivity contribution < 1.29 is 4.79 Å². The summed E-state index contributed by atoms with van der Waals surface area (Å²) in [4.78, 5) is 8.35. The van der Waals surface area contributed by atoms with Gasteiger partial charge in [0.15, 0.2) is 0 Å². The van der Waals surface area contributed by atoms with Crippen molar-refractivity contribution in [2.45, 2.75) is 12.8 Å². The van der Waals surface area contributed by atoms with Crippen molar-refractivity contribution >= 4 is 6.08 Å². The van der Waals surface area contributed by atoms with Crippen LogP contribution in [0.1, 0.15) is 24.0 Å². The zero-order chi connectivity index (χ0) is 12.5. The average molecular weight is 225 g/mol. The van der Waals surface area contributed by atoms with Gasteiger partial charge in [0.2, 0.25) is 6.08 Å². The third kappa shape index (κ3) is 4.06. The molecule has 2 heteroatoms. The van der Waals surface area contributed by atoms with Crippen LogP contribution in [0.15, 0.2) is 60.7 Å². The van der Waals surface area contributed by atoms with E-state index < -0.39 is 0 Å². The van der Waals surface area contributed by atoms with Gasteiger partial charge < -0.3 is 0 Å². The Morgan fingerprint density at radius 3 is 1.47 bits per heavy atom. The van der Waals surface area contributed by atoms with Crippen LogP contribution >= 0.6 is 0 Å². The lowest BCUT2D eigenvalue weighted by atomic mass is 9.93. The second kappa shape index (κ2) is 7.15. The van der Waals surface area contributed by atoms with Crippen LogP contribution in [-0.4, -0.2) is 6.08 Å². The minimum atomic E-state index is 0.484. The van der Waals surface area contributed by atoms with Crippen LogP contribution in [0, 0.1) is 5.41 Å². The Kier molecular flexibility index (Phi) is 5.42. The largest absolute Gasteiger partial charge is 0.231 e. The fourth-order valence-corrected chi connectivity index (χ4v) is 1.68. The van der Waals surface area contributed by atoms with Gasteiger partial charge >= 0.3 is 0 Å². The lowest BCUT2D eigenvalue weighted by Gasteiger charge is -2.11. The molecule has 0 aromatic heterocycles. The summed E-state index contributed by atoms with van der Waals surface area (Å²) in [5.74, 6) is 0.484. The first-order chi connectivity index (χ1) is 8.29. The second-order valence-corrected chi connectivity index (χ2v) is 3.65. The van der Waals surface area contributed by atoms with Gasteiger partial charge in [0.1, 0.15) is 0 Å². The van der Waals surface area contributed by atoms with E-state index in [9.17, 15) is 0 Å². The molecule has 2 rings (SSSR count). The fourth-order valence-electron chi connectivity index (χ4n) is 1.68. The predicted molar refractivity (Wildman–Crippen MR) is 68.8 cm³/mol. The SMILES string of the molecule is CC(c1ccccc1)c1ccccc1.N=C=O. The molecule has 0 aliphatic carbocycles. The van der Waals surface area contributed by atoms with Crippen molar-refractivity contribution in [2.24, 2.45) is 0 Å². The number of benzene rings is 2. The summed E-state index contributed by atoms with van der Waals surface area (Å²) in [6.07, 6.45) is 0.750. The van der Waals surface area contributed by atoms with E-state index in [4.69, 9.17) is 10.2 Å². The van der Waals surface area contributed by atoms with Crippen LogP contribution in [-0.2, 0) is 4.79 Å². The minimum Gasteiger partial charge on any atom is -0.222 e. The molecule has 0 bridgehead atoms. The van der Waals surface area contributed by atoms with E-state index in [0.717, 1.165) is 6.08 Å². The lowest BCUT2D eigenvalue weighted by Crippen LogP contribution is -1.94. The standard InChI is InChI=1S/C14H14.CHNO/c1-12(13-8-4-2-5-9-13)14-10-6-3-7-11-14;2-1-3/h2-12H,1H3;2H. The third-order valence-corrected chi connectivity index (χ3v) is 2.60. The maximum absolute atomic E-state index is 8.35. The smallest absolute Gasteiger partial charge is 0.222 e. The van der Waals surface area contributed by atoms with Gasteiger partial charge in [0, 0.05) is 5.92 Å². The normalized spacial score (nSPS) is 9.06. The molecule has 0 atom stereocenters. The van der Waals surface area contributed by atoms with Gasteiger partial charge in [-0.1, -0.05) is 67.6 Å². The van der Waals surface area contributed by atoms with Crippen molar-refractivity contribution in [3.63, 3.8) is 0 Å². The van der Waals surface area contributed by atoms with E-state index in [-0.39, 0.29) is 0 Å². The highest BCUT2D eigenvalue weighted by molar-refractivity contribution is 5.31. The average Bonchev–Trinajstić information content (AvgIpc) is 2.41. The van der Waals surface area contributed by atoms with Gasteiger partial charge in [-0.3, -0.25) is 0 Å². The summed E-state index contributed by atoms with van der Waals surface area (Å²) in [7, 11) is 0. The predicted octanol–water partition coefficient (Wildman–Crippen LogP) is 3.74. The quantitative estimate of drug-likeness (QED) is 0.614. The number of nitrogens with one attached hydrogen (secondary N) is 1. The van der Waals surface area contributed by atoms with Crippen LogP contribution in [0.5, 0.6) is 0 Å². The fraction of sp³-hybridized carbons (Fsp3) is 0.133. The maximum atomic E-state index is 8.35. The van der Waals surface area contributed by atoms with Crippen LogP contribution in [0.4, 0.5) is 0 Å². The molecule has 0 spiro atoms. The number of rotatable bonds is 2. The van der Waals surface area contributed by atoms with E-state index in [2.05, 4.69) is 67.6 Å². The number of hydrogen-bond acceptors (Lipinski definition) is 2. The van der Waals surface area contributed by atoms with Crippen molar-refractivity contribution in [2.75, 3.05) is 0 Å². The Morgan fingerprint density at radius 2 is 1.18 bits per heavy atom. The molecule has 86 valence electrons. The number of isocyanates is 1. The molecule has 0 heterocycles. The molecule has 1 N–H and O–H groups in total. The van der Waals surface area contributed by atoms with Crippen LogP contribution in [0.2, 0.25) is 0 Å². The van der Waals surface area contributed by atoms with Crippen LogP contribution in [0.3, 0.4) is 0 Å². The summed E-state index contributed by atoms with van der Waals surface area (Å²) >= 11 is 0. The molecule has 2 aromatic rings. The maximum Gasteiger partial charge on any atom is 0.231 e. The Morgan fingerprint density at radius 1 is 0.882 bits per heavy atom. The Bertz CT molecular complexity index is 419. The molecule has 0 unspecified atom stereocenters. The molecule has 0 amide bonds. The van der Waals surface area contributed by atoms with Crippen molar-refractivity contribution in [1.82, 2.24) is 0 Å². The number of hydrogen-bond donors (Lipinski definition) is 1. The Labute approximate surface area is 101 Å². The third-order valence-electron chi connectivity index (χ3n) is 2.60. The van der Waals surface area contributed by atoms with Gasteiger partial charge in [0.05, 0.1) is 0 Å². The Hall–Kier alpha value is -2.18. The van der Waals surface area contributed by atoms with E-state index >= 15 is 0 Å². The van der Waals surface area contributed by atoms with E-state index in [1.54, 1.807) is 0 Å². The molecule has 0 saturated carbocycles. The second-order valence-electron chi connectivity index (χ2n) is 3.65. The molecule has 17 heavy (non-hydrogen) atoms. The van der Waals surface area contributed by atoms with E-state index in [1.165, 1.54) is 11.1 Å². The van der Waals surface area contributed by atoms with E-state index in [0.29, 0.717) is 5.92 Å². The summed E-state index contributed by atoms with van der Waals surface area (Å²) in [5, 5.41) is 5.40. The lowest BCUT2D eigenvalue weighted by molar-refractivity contribution is 0.563. The van der Waals surface area contributed by atoms with Gasteiger partial charge in [-0.25, -0.2) is 10.2 Å². The molecule has 2 aromatic carbocycles. The number of carbonyl (C=O) groups excluding carboxylic acids is 1. The molecular weight excluding hydrogens is 210 g/mol. The molecule has 0 aliphatic heterocycles. The van der Waals surface area contributed by atoms with Gasteiger partial charge in [0.25, 0.3) is 0 Å². The highest BCUT2D eigenvalue weighted by atomic mass is 16.1. The van der Waals surface area contributed by atoms with E-state index in [1.807, 2.05) is 0 Å². The molecule has 2 nitrogen and oxygen atoms in total. The van der Waals surface area contributed by atoms with Crippen LogP contribution < -0.4 is 0 Å². The first kappa shape index (κ1) is 12.9. The highest BCUT2D eigenvalue weighted by Gasteiger charge is 2.05. The molecule has 0 saturated heterocycles. The van der Waals surface area contributed by atoms with Crippen molar-refractivity contribution in [1.29, 1.82) is 5.41 Å². The molecular formula is C15H15NO. The topological polar surface area (TPSA) is 40.9 Å². The molecule has 0 fully saturated rings. The van der Waals surface area contributed by atoms with Gasteiger partial charge in [-0.2, -0.15) is 0 Å². The molecule has 0 aliphatic rings. The zero-order valence-corrected chi connectivity index (χ0v) is 9.76. The van der Waals surface area contributed by atoms with Gasteiger partial charge in [-0.05, 0) is 11.1 Å². The first-order valence-electron chi connectivity index (χ1n) is 5.43. The zero-order valence-electron chi connectivity index (χ0n) is 9.76. The van der Waals surface area contributed by atoms with Crippen LogP contribution in [0.25, 0.3) is 0 Å². The molecule has 0 radical (unpaired) electrons. The van der Waals surface area contributed by atoms with Crippen molar-refractivity contribution in [3.05, 3.63) is 71.8 Å². The monoisotopic (exact) mass is 225 g/mol. The minimum absolute atomic E-state index is 0.484. The van der Waals surface area contributed by atoms with Crippen molar-refractivity contribution in [3.8, 4) is 0 Å². The van der Waals surface area contributed by atoms with Gasteiger partial charge in [-0.15, -0.1) is 0 Å². The highest BCUT2D eigenvalue weighted by Crippen LogP contribution is 2.22. The summed E-state index contributed by atoms with van der Waals surface area (Å²) in [6, 6.07) is 21.2. The summed E-state index contributed by atoms with van der Waals surface area (Å²) in [6.45, 7) is 2.24. The summed E-state index contributed by atoms with van der Waals surface area (Å²) < 4.78 is 0. The first-order valence-corrected chi connectivity index (χ1v) is 5.43.